The fraction of sp³-hybridized carbons (Fsp3) is 0.208. The molecule has 27 heavy (non-hydrogen) atoms. The van der Waals surface area contributed by atoms with E-state index < -0.39 is 0 Å². The average Bonchev–Trinajstić information content (AvgIpc) is 2.90. The highest BCUT2D eigenvalue weighted by molar-refractivity contribution is 7.99. The predicted octanol–water partition coefficient (Wildman–Crippen LogP) is 6.23. The summed E-state index contributed by atoms with van der Waals surface area (Å²) in [5, 5.41) is 0.353. The molecule has 0 amide bonds. The molecule has 0 saturated carbocycles. The van der Waals surface area contributed by atoms with Gasteiger partial charge in [-0.25, -0.2) is 0 Å². The standard InChI is InChI=1S/C24H21NOS/c1-26-18-12-14-21-22(15-18)27-24(17-8-3-2-4-9-17)20-13-11-16-7-5-6-10-19(16)23(20)25-21/h2-10,12,14-15,20,24H,11,13H2,1H3. The zero-order valence-corrected chi connectivity index (χ0v) is 16.1. The molecule has 3 heteroatoms. The Hall–Kier alpha value is -2.52. The van der Waals surface area contributed by atoms with Gasteiger partial charge in [0.25, 0.3) is 0 Å². The summed E-state index contributed by atoms with van der Waals surface area (Å²) in [5.74, 6) is 1.30. The van der Waals surface area contributed by atoms with E-state index in [1.165, 1.54) is 27.3 Å². The molecule has 134 valence electrons. The SMILES string of the molecule is COc1ccc2c(c1)SC(c1ccccc1)C1CCc3ccccc3C1=N2. The van der Waals surface area contributed by atoms with Gasteiger partial charge in [-0.2, -0.15) is 0 Å². The lowest BCUT2D eigenvalue weighted by Gasteiger charge is -2.31. The van der Waals surface area contributed by atoms with E-state index in [0.717, 1.165) is 24.3 Å². The molecule has 0 saturated heterocycles. The maximum atomic E-state index is 5.48. The zero-order chi connectivity index (χ0) is 18.2. The molecule has 2 unspecified atom stereocenters. The van der Waals surface area contributed by atoms with Crippen LogP contribution in [0.5, 0.6) is 5.75 Å². The van der Waals surface area contributed by atoms with Crippen molar-refractivity contribution in [3.63, 3.8) is 0 Å². The van der Waals surface area contributed by atoms with Crippen LogP contribution in [0.1, 0.15) is 28.4 Å². The smallest absolute Gasteiger partial charge is 0.120 e. The van der Waals surface area contributed by atoms with Crippen LogP contribution in [0.3, 0.4) is 0 Å². The van der Waals surface area contributed by atoms with Crippen molar-refractivity contribution in [1.29, 1.82) is 0 Å². The van der Waals surface area contributed by atoms with Crippen LogP contribution in [0.4, 0.5) is 5.69 Å². The Bertz CT molecular complexity index is 1010. The van der Waals surface area contributed by atoms with E-state index in [-0.39, 0.29) is 0 Å². The van der Waals surface area contributed by atoms with E-state index in [4.69, 9.17) is 9.73 Å². The third-order valence-corrected chi connectivity index (χ3v) is 6.96. The average molecular weight is 372 g/mol. The van der Waals surface area contributed by atoms with Gasteiger partial charge in [0.15, 0.2) is 0 Å². The molecular formula is C24H21NOS. The molecule has 2 atom stereocenters. The lowest BCUT2D eigenvalue weighted by molar-refractivity contribution is 0.414. The molecule has 0 N–H and O–H groups in total. The third-order valence-electron chi connectivity index (χ3n) is 5.52. The van der Waals surface area contributed by atoms with Gasteiger partial charge >= 0.3 is 0 Å². The van der Waals surface area contributed by atoms with Crippen molar-refractivity contribution in [2.75, 3.05) is 7.11 Å². The molecule has 3 aromatic carbocycles. The molecule has 3 aromatic rings. The Morgan fingerprint density at radius 3 is 2.63 bits per heavy atom. The number of hydrogen-bond donors (Lipinski definition) is 0. The number of fused-ring (bicyclic) bond motifs is 4. The van der Waals surface area contributed by atoms with Crippen molar-refractivity contribution in [2.45, 2.75) is 23.0 Å². The number of ether oxygens (including phenoxy) is 1. The van der Waals surface area contributed by atoms with Crippen molar-refractivity contribution in [1.82, 2.24) is 0 Å². The molecule has 0 aromatic heterocycles. The first-order valence-electron chi connectivity index (χ1n) is 9.40. The zero-order valence-electron chi connectivity index (χ0n) is 15.3. The molecule has 0 bridgehead atoms. The van der Waals surface area contributed by atoms with Crippen LogP contribution in [-0.2, 0) is 6.42 Å². The van der Waals surface area contributed by atoms with Crippen LogP contribution in [-0.4, -0.2) is 12.8 Å². The molecule has 2 nitrogen and oxygen atoms in total. The summed E-state index contributed by atoms with van der Waals surface area (Å²) in [4.78, 5) is 6.39. The highest BCUT2D eigenvalue weighted by Gasteiger charge is 2.35. The van der Waals surface area contributed by atoms with Gasteiger partial charge in [0.2, 0.25) is 0 Å². The highest BCUT2D eigenvalue weighted by atomic mass is 32.2. The normalized spacial score (nSPS) is 20.6. The molecule has 0 spiro atoms. The predicted molar refractivity (Wildman–Crippen MR) is 112 cm³/mol. The van der Waals surface area contributed by atoms with Gasteiger partial charge in [0.05, 0.1) is 18.5 Å². The van der Waals surface area contributed by atoms with Crippen LogP contribution in [0, 0.1) is 5.92 Å². The molecular weight excluding hydrogens is 350 g/mol. The Morgan fingerprint density at radius 2 is 1.78 bits per heavy atom. The van der Waals surface area contributed by atoms with Crippen LogP contribution < -0.4 is 4.74 Å². The number of aliphatic imine (C=N–C) groups is 1. The Labute approximate surface area is 164 Å². The van der Waals surface area contributed by atoms with Crippen molar-refractivity contribution >= 4 is 23.2 Å². The second kappa shape index (κ2) is 6.90. The highest BCUT2D eigenvalue weighted by Crippen LogP contribution is 2.51. The molecule has 1 heterocycles. The van der Waals surface area contributed by atoms with E-state index in [1.807, 2.05) is 17.8 Å². The van der Waals surface area contributed by atoms with Gasteiger partial charge in [-0.3, -0.25) is 4.99 Å². The van der Waals surface area contributed by atoms with Crippen molar-refractivity contribution in [2.24, 2.45) is 10.9 Å². The summed E-state index contributed by atoms with van der Waals surface area (Å²) < 4.78 is 5.48. The fourth-order valence-corrected chi connectivity index (χ4v) is 5.59. The first-order chi connectivity index (χ1) is 13.3. The number of nitrogens with zero attached hydrogens (tertiary/aromatic N) is 1. The third kappa shape index (κ3) is 2.96. The number of methoxy groups -OCH3 is 1. The fourth-order valence-electron chi connectivity index (χ4n) is 4.17. The van der Waals surface area contributed by atoms with Crippen LogP contribution in [0.25, 0.3) is 0 Å². The Balaban J connectivity index is 1.71. The van der Waals surface area contributed by atoms with Gasteiger partial charge in [0, 0.05) is 16.1 Å². The van der Waals surface area contributed by atoms with E-state index in [2.05, 4.69) is 66.7 Å². The topological polar surface area (TPSA) is 21.6 Å². The van der Waals surface area contributed by atoms with Crippen molar-refractivity contribution in [3.05, 3.63) is 89.5 Å². The van der Waals surface area contributed by atoms with Gasteiger partial charge in [-0.05, 0) is 47.7 Å². The second-order valence-electron chi connectivity index (χ2n) is 7.08. The Morgan fingerprint density at radius 1 is 0.963 bits per heavy atom. The summed E-state index contributed by atoms with van der Waals surface area (Å²) in [6, 6.07) is 25.9. The summed E-state index contributed by atoms with van der Waals surface area (Å²) in [7, 11) is 1.72. The molecule has 1 aliphatic heterocycles. The van der Waals surface area contributed by atoms with E-state index in [0.29, 0.717) is 11.2 Å². The van der Waals surface area contributed by atoms with Crippen LogP contribution in [0.15, 0.2) is 82.7 Å². The maximum absolute atomic E-state index is 5.48. The summed E-state index contributed by atoms with van der Waals surface area (Å²) in [5.41, 5.74) is 6.40. The summed E-state index contributed by atoms with van der Waals surface area (Å²) in [6.07, 6.45) is 2.25. The van der Waals surface area contributed by atoms with Crippen LogP contribution in [0.2, 0.25) is 0 Å². The van der Waals surface area contributed by atoms with Gasteiger partial charge in [-0.15, -0.1) is 11.8 Å². The quantitative estimate of drug-likeness (QED) is 0.533. The van der Waals surface area contributed by atoms with Crippen molar-refractivity contribution in [3.8, 4) is 5.75 Å². The summed E-state index contributed by atoms with van der Waals surface area (Å²) >= 11 is 1.93. The maximum Gasteiger partial charge on any atom is 0.120 e. The van der Waals surface area contributed by atoms with Gasteiger partial charge in [-0.1, -0.05) is 54.6 Å². The van der Waals surface area contributed by atoms with E-state index in [9.17, 15) is 0 Å². The molecule has 0 fully saturated rings. The molecule has 5 rings (SSSR count). The molecule has 2 aliphatic rings. The summed E-state index contributed by atoms with van der Waals surface area (Å²) in [6.45, 7) is 0. The van der Waals surface area contributed by atoms with Gasteiger partial charge < -0.3 is 4.74 Å². The largest absolute Gasteiger partial charge is 0.497 e. The van der Waals surface area contributed by atoms with E-state index >= 15 is 0 Å². The number of thioether (sulfide) groups is 1. The first kappa shape index (κ1) is 16.6. The lowest BCUT2D eigenvalue weighted by atomic mass is 9.78. The lowest BCUT2D eigenvalue weighted by Crippen LogP contribution is -2.27. The minimum absolute atomic E-state index is 0.353. The minimum atomic E-state index is 0.353. The number of hydrogen-bond acceptors (Lipinski definition) is 3. The van der Waals surface area contributed by atoms with Crippen molar-refractivity contribution < 1.29 is 4.74 Å². The van der Waals surface area contributed by atoms with E-state index in [1.54, 1.807) is 7.11 Å². The van der Waals surface area contributed by atoms with Crippen LogP contribution >= 0.6 is 11.8 Å². The monoisotopic (exact) mass is 371 g/mol. The first-order valence-corrected chi connectivity index (χ1v) is 10.3. The minimum Gasteiger partial charge on any atom is -0.497 e. The molecule has 0 radical (unpaired) electrons. The Kier molecular flexibility index (Phi) is 4.25. The van der Waals surface area contributed by atoms with Gasteiger partial charge in [0.1, 0.15) is 5.75 Å². The number of aryl methyl sites for hydroxylation is 1. The number of benzene rings is 3. The number of rotatable bonds is 2. The second-order valence-corrected chi connectivity index (χ2v) is 8.27. The molecule has 1 aliphatic carbocycles.